The number of fused-ring (bicyclic) bond motifs is 1. The van der Waals surface area contributed by atoms with E-state index in [9.17, 15) is 10.1 Å². The lowest BCUT2D eigenvalue weighted by molar-refractivity contribution is -0.384. The lowest BCUT2D eigenvalue weighted by Gasteiger charge is -1.90. The SMILES string of the molecule is O=[N+]([O-])c1ccc2[nH]c(-c3n[nH]c(=S)o3)cc2c1. The molecule has 3 rings (SSSR count). The van der Waals surface area contributed by atoms with E-state index in [-0.39, 0.29) is 10.5 Å². The van der Waals surface area contributed by atoms with Crippen molar-refractivity contribution in [2.75, 3.05) is 0 Å². The van der Waals surface area contributed by atoms with Gasteiger partial charge in [0.25, 0.3) is 16.4 Å². The molecular weight excluding hydrogens is 256 g/mol. The summed E-state index contributed by atoms with van der Waals surface area (Å²) in [5.74, 6) is 0.318. The lowest BCUT2D eigenvalue weighted by atomic mass is 10.2. The molecule has 0 radical (unpaired) electrons. The van der Waals surface area contributed by atoms with Crippen molar-refractivity contribution < 1.29 is 9.34 Å². The van der Waals surface area contributed by atoms with Crippen LogP contribution in [0.1, 0.15) is 0 Å². The van der Waals surface area contributed by atoms with Gasteiger partial charge in [-0.1, -0.05) is 0 Å². The number of nitrogens with one attached hydrogen (secondary N) is 2. The standard InChI is InChI=1S/C10H6N4O3S/c15-14(16)6-1-2-7-5(3-6)4-8(11-7)9-12-13-10(18)17-9/h1-4,11H,(H,13,18). The van der Waals surface area contributed by atoms with Crippen molar-refractivity contribution in [2.24, 2.45) is 0 Å². The van der Waals surface area contributed by atoms with Crippen LogP contribution in [0.2, 0.25) is 0 Å². The van der Waals surface area contributed by atoms with Crippen molar-refractivity contribution in [3.8, 4) is 11.6 Å². The van der Waals surface area contributed by atoms with Gasteiger partial charge >= 0.3 is 0 Å². The van der Waals surface area contributed by atoms with E-state index in [1.807, 2.05) is 0 Å². The van der Waals surface area contributed by atoms with Gasteiger partial charge in [-0.05, 0) is 24.4 Å². The second-order valence-corrected chi connectivity index (χ2v) is 4.00. The summed E-state index contributed by atoms with van der Waals surface area (Å²) >= 11 is 4.78. The maximum Gasteiger partial charge on any atom is 0.284 e. The Hall–Kier alpha value is -2.48. The fourth-order valence-corrected chi connectivity index (χ4v) is 1.82. The molecular formula is C10H6N4O3S. The molecule has 3 aromatic rings. The summed E-state index contributed by atoms with van der Waals surface area (Å²) in [6.07, 6.45) is 0. The van der Waals surface area contributed by atoms with Crippen molar-refractivity contribution in [1.29, 1.82) is 0 Å². The number of aromatic amines is 2. The Labute approximate surface area is 105 Å². The zero-order valence-electron chi connectivity index (χ0n) is 8.84. The van der Waals surface area contributed by atoms with Gasteiger partial charge < -0.3 is 9.40 Å². The molecule has 0 atom stereocenters. The number of non-ortho nitro benzene ring substituents is 1. The van der Waals surface area contributed by atoms with Crippen LogP contribution in [0.5, 0.6) is 0 Å². The van der Waals surface area contributed by atoms with E-state index < -0.39 is 4.92 Å². The van der Waals surface area contributed by atoms with Crippen molar-refractivity contribution >= 4 is 28.8 Å². The molecule has 0 aliphatic carbocycles. The van der Waals surface area contributed by atoms with Crippen LogP contribution in [0.4, 0.5) is 5.69 Å². The molecule has 0 aliphatic heterocycles. The number of aromatic nitrogens is 3. The van der Waals surface area contributed by atoms with Gasteiger partial charge in [0, 0.05) is 23.0 Å². The molecule has 2 N–H and O–H groups in total. The minimum atomic E-state index is -0.438. The van der Waals surface area contributed by atoms with Crippen molar-refractivity contribution in [1.82, 2.24) is 15.2 Å². The molecule has 0 aliphatic rings. The van der Waals surface area contributed by atoms with Gasteiger partial charge in [-0.25, -0.2) is 5.10 Å². The van der Waals surface area contributed by atoms with Crippen molar-refractivity contribution in [2.45, 2.75) is 0 Å². The molecule has 0 bridgehead atoms. The highest BCUT2D eigenvalue weighted by Gasteiger charge is 2.11. The largest absolute Gasteiger partial charge is 0.408 e. The van der Waals surface area contributed by atoms with Crippen LogP contribution in [-0.4, -0.2) is 20.1 Å². The minimum Gasteiger partial charge on any atom is -0.408 e. The van der Waals surface area contributed by atoms with Gasteiger partial charge in [0.2, 0.25) is 0 Å². The fraction of sp³-hybridized carbons (Fsp3) is 0. The van der Waals surface area contributed by atoms with Crippen LogP contribution >= 0.6 is 12.2 Å². The first-order valence-electron chi connectivity index (χ1n) is 4.96. The predicted octanol–water partition coefficient (Wildman–Crippen LogP) is 2.79. The van der Waals surface area contributed by atoms with E-state index in [0.29, 0.717) is 17.0 Å². The topological polar surface area (TPSA) is 101 Å². The maximum atomic E-state index is 10.7. The molecule has 0 saturated carbocycles. The van der Waals surface area contributed by atoms with Crippen molar-refractivity contribution in [3.63, 3.8) is 0 Å². The van der Waals surface area contributed by atoms with Gasteiger partial charge in [-0.2, -0.15) is 0 Å². The Morgan fingerprint density at radius 2 is 2.22 bits per heavy atom. The van der Waals surface area contributed by atoms with E-state index >= 15 is 0 Å². The molecule has 0 unspecified atom stereocenters. The molecule has 18 heavy (non-hydrogen) atoms. The van der Waals surface area contributed by atoms with Gasteiger partial charge in [0.15, 0.2) is 0 Å². The summed E-state index contributed by atoms with van der Waals surface area (Å²) in [6.45, 7) is 0. The first-order valence-corrected chi connectivity index (χ1v) is 5.37. The second kappa shape index (κ2) is 3.77. The third-order valence-electron chi connectivity index (χ3n) is 2.48. The smallest absolute Gasteiger partial charge is 0.284 e. The third kappa shape index (κ3) is 1.68. The number of nitrogens with zero attached hydrogens (tertiary/aromatic N) is 2. The molecule has 0 saturated heterocycles. The van der Waals surface area contributed by atoms with Crippen LogP contribution in [0.15, 0.2) is 28.7 Å². The molecule has 2 aromatic heterocycles. The zero-order valence-corrected chi connectivity index (χ0v) is 9.65. The molecule has 0 fully saturated rings. The Morgan fingerprint density at radius 3 is 2.89 bits per heavy atom. The molecule has 8 heteroatoms. The fourth-order valence-electron chi connectivity index (χ4n) is 1.69. The van der Waals surface area contributed by atoms with E-state index in [2.05, 4.69) is 15.2 Å². The van der Waals surface area contributed by atoms with Gasteiger partial charge in [-0.15, -0.1) is 5.10 Å². The number of hydrogen-bond acceptors (Lipinski definition) is 5. The molecule has 90 valence electrons. The van der Waals surface area contributed by atoms with Crippen molar-refractivity contribution in [3.05, 3.63) is 39.2 Å². The highest BCUT2D eigenvalue weighted by atomic mass is 32.1. The number of nitro groups is 1. The van der Waals surface area contributed by atoms with Gasteiger partial charge in [0.05, 0.1) is 4.92 Å². The first kappa shape index (κ1) is 10.7. The summed E-state index contributed by atoms with van der Waals surface area (Å²) in [7, 11) is 0. The van der Waals surface area contributed by atoms with Crippen LogP contribution in [-0.2, 0) is 0 Å². The molecule has 0 amide bonds. The normalized spacial score (nSPS) is 10.9. The number of rotatable bonds is 2. The van der Waals surface area contributed by atoms with Crippen LogP contribution < -0.4 is 0 Å². The van der Waals surface area contributed by atoms with E-state index in [0.717, 1.165) is 5.52 Å². The maximum absolute atomic E-state index is 10.7. The summed E-state index contributed by atoms with van der Waals surface area (Å²) in [5.41, 5.74) is 1.41. The number of hydrogen-bond donors (Lipinski definition) is 2. The molecule has 1 aromatic carbocycles. The highest BCUT2D eigenvalue weighted by molar-refractivity contribution is 7.71. The van der Waals surface area contributed by atoms with E-state index in [1.54, 1.807) is 12.1 Å². The van der Waals surface area contributed by atoms with Crippen LogP contribution in [0, 0.1) is 15.0 Å². The average Bonchev–Trinajstić information content (AvgIpc) is 2.93. The Morgan fingerprint density at radius 1 is 1.39 bits per heavy atom. The average molecular weight is 262 g/mol. The third-order valence-corrected chi connectivity index (χ3v) is 2.66. The zero-order chi connectivity index (χ0) is 12.7. The predicted molar refractivity (Wildman–Crippen MR) is 65.6 cm³/mol. The lowest BCUT2D eigenvalue weighted by Crippen LogP contribution is -1.86. The Bertz CT molecular complexity index is 801. The Balaban J connectivity index is 2.16. The number of H-pyrrole nitrogens is 2. The van der Waals surface area contributed by atoms with Gasteiger partial charge in [0.1, 0.15) is 5.69 Å². The number of nitro benzene ring substituents is 1. The minimum absolute atomic E-state index is 0.0379. The quantitative estimate of drug-likeness (QED) is 0.420. The molecule has 7 nitrogen and oxygen atoms in total. The summed E-state index contributed by atoms with van der Waals surface area (Å²) < 4.78 is 5.16. The molecule has 0 spiro atoms. The number of benzene rings is 1. The van der Waals surface area contributed by atoms with Crippen LogP contribution in [0.25, 0.3) is 22.5 Å². The van der Waals surface area contributed by atoms with Gasteiger partial charge in [-0.3, -0.25) is 10.1 Å². The summed E-state index contributed by atoms with van der Waals surface area (Å²) in [5, 5.41) is 17.8. The monoisotopic (exact) mass is 262 g/mol. The first-order chi connectivity index (χ1) is 8.63. The van der Waals surface area contributed by atoms with E-state index in [1.165, 1.54) is 12.1 Å². The summed E-state index contributed by atoms with van der Waals surface area (Å²) in [4.78, 5) is 13.5. The highest BCUT2D eigenvalue weighted by Crippen LogP contribution is 2.25. The summed E-state index contributed by atoms with van der Waals surface area (Å²) in [6, 6.07) is 6.27. The second-order valence-electron chi connectivity index (χ2n) is 3.63. The molecule has 2 heterocycles. The van der Waals surface area contributed by atoms with Crippen LogP contribution in [0.3, 0.4) is 0 Å². The Kier molecular flexibility index (Phi) is 2.23. The van der Waals surface area contributed by atoms with E-state index in [4.69, 9.17) is 16.6 Å².